The molecule has 3 nitrogen and oxygen atoms in total. The first-order valence-corrected chi connectivity index (χ1v) is 9.53. The summed E-state index contributed by atoms with van der Waals surface area (Å²) < 4.78 is 1.09. The highest BCUT2D eigenvalue weighted by Crippen LogP contribution is 2.41. The molecule has 5 heteroatoms. The molecule has 120 valence electrons. The third kappa shape index (κ3) is 3.26. The largest absolute Gasteiger partial charge is 0.367 e. The van der Waals surface area contributed by atoms with Crippen molar-refractivity contribution in [3.63, 3.8) is 0 Å². The lowest BCUT2D eigenvalue weighted by atomic mass is 10.0. The van der Waals surface area contributed by atoms with E-state index < -0.39 is 0 Å². The minimum atomic E-state index is 0.385. The third-order valence-electron chi connectivity index (χ3n) is 4.01. The highest BCUT2D eigenvalue weighted by molar-refractivity contribution is 9.10. The van der Waals surface area contributed by atoms with Crippen LogP contribution < -0.4 is 5.32 Å². The number of nitrogens with zero attached hydrogens (tertiary/aromatic N) is 2. The van der Waals surface area contributed by atoms with Crippen LogP contribution in [0.5, 0.6) is 0 Å². The fraction of sp³-hybridized carbons (Fsp3) is 0.333. The molecule has 1 N–H and O–H groups in total. The van der Waals surface area contributed by atoms with Gasteiger partial charge in [-0.05, 0) is 37.5 Å². The average Bonchev–Trinajstić information content (AvgIpc) is 2.95. The zero-order chi connectivity index (χ0) is 16.4. The molecule has 2 aromatic heterocycles. The molecule has 0 spiro atoms. The number of hydrogen-bond donors (Lipinski definition) is 1. The maximum absolute atomic E-state index is 4.52. The van der Waals surface area contributed by atoms with E-state index in [0.717, 1.165) is 33.3 Å². The molecule has 0 saturated heterocycles. The second kappa shape index (κ2) is 6.97. The van der Waals surface area contributed by atoms with E-state index in [4.69, 9.17) is 0 Å². The Morgan fingerprint density at radius 1 is 1.17 bits per heavy atom. The van der Waals surface area contributed by atoms with Crippen molar-refractivity contribution in [1.82, 2.24) is 9.97 Å². The summed E-state index contributed by atoms with van der Waals surface area (Å²) in [6.07, 6.45) is 3.72. The van der Waals surface area contributed by atoms with Gasteiger partial charge in [-0.1, -0.05) is 41.9 Å². The molecule has 1 unspecified atom stereocenters. The number of aromatic nitrogens is 2. The van der Waals surface area contributed by atoms with Gasteiger partial charge in [0, 0.05) is 21.0 Å². The molecule has 3 aromatic rings. The zero-order valence-corrected chi connectivity index (χ0v) is 16.0. The number of anilines is 1. The Balaban J connectivity index is 2.23. The van der Waals surface area contributed by atoms with E-state index in [1.54, 1.807) is 17.7 Å². The van der Waals surface area contributed by atoms with Crippen LogP contribution in [0.3, 0.4) is 0 Å². The van der Waals surface area contributed by atoms with E-state index >= 15 is 0 Å². The SMILES string of the molecule is CCc1sc2ncnc(NC(C)CC)c2c1-c1ccc(Br)cc1. The number of aryl methyl sites for hydroxylation is 1. The molecule has 0 bridgehead atoms. The lowest BCUT2D eigenvalue weighted by Gasteiger charge is -2.14. The van der Waals surface area contributed by atoms with Gasteiger partial charge >= 0.3 is 0 Å². The minimum Gasteiger partial charge on any atom is -0.367 e. The molecule has 23 heavy (non-hydrogen) atoms. The summed E-state index contributed by atoms with van der Waals surface area (Å²) in [6, 6.07) is 8.87. The fourth-order valence-electron chi connectivity index (χ4n) is 2.60. The fourth-order valence-corrected chi connectivity index (χ4v) is 3.96. The summed E-state index contributed by atoms with van der Waals surface area (Å²) in [7, 11) is 0. The molecule has 1 atom stereocenters. The minimum absolute atomic E-state index is 0.385. The van der Waals surface area contributed by atoms with Crippen molar-refractivity contribution in [2.24, 2.45) is 0 Å². The molecule has 0 fully saturated rings. The Morgan fingerprint density at radius 3 is 2.57 bits per heavy atom. The highest BCUT2D eigenvalue weighted by atomic mass is 79.9. The van der Waals surface area contributed by atoms with Crippen LogP contribution in [0.1, 0.15) is 32.1 Å². The second-order valence-corrected chi connectivity index (χ2v) is 7.62. The smallest absolute Gasteiger partial charge is 0.139 e. The second-order valence-electron chi connectivity index (χ2n) is 5.62. The predicted molar refractivity (Wildman–Crippen MR) is 103 cm³/mol. The van der Waals surface area contributed by atoms with Gasteiger partial charge in [-0.3, -0.25) is 0 Å². The lowest BCUT2D eigenvalue weighted by molar-refractivity contribution is 0.760. The Labute approximate surface area is 149 Å². The molecule has 0 radical (unpaired) electrons. The van der Waals surface area contributed by atoms with Crippen molar-refractivity contribution >= 4 is 43.3 Å². The molecule has 0 aliphatic carbocycles. The van der Waals surface area contributed by atoms with Crippen molar-refractivity contribution in [2.45, 2.75) is 39.7 Å². The number of fused-ring (bicyclic) bond motifs is 1. The van der Waals surface area contributed by atoms with E-state index in [2.05, 4.69) is 76.3 Å². The van der Waals surface area contributed by atoms with Crippen LogP contribution in [-0.2, 0) is 6.42 Å². The standard InChI is InChI=1S/C18H20BrN3S/c1-4-11(3)22-17-16-15(12-6-8-13(19)9-7-12)14(5-2)23-18(16)21-10-20-17/h6-11H,4-5H2,1-3H3,(H,20,21,22). The summed E-state index contributed by atoms with van der Waals surface area (Å²) in [5.74, 6) is 0.943. The monoisotopic (exact) mass is 389 g/mol. The van der Waals surface area contributed by atoms with Crippen molar-refractivity contribution in [2.75, 3.05) is 5.32 Å². The van der Waals surface area contributed by atoms with E-state index in [0.29, 0.717) is 6.04 Å². The van der Waals surface area contributed by atoms with Crippen LogP contribution in [0.15, 0.2) is 35.1 Å². The number of hydrogen-bond acceptors (Lipinski definition) is 4. The first kappa shape index (κ1) is 16.4. The topological polar surface area (TPSA) is 37.8 Å². The molecular weight excluding hydrogens is 370 g/mol. The molecule has 1 aromatic carbocycles. The molecular formula is C18H20BrN3S. The van der Waals surface area contributed by atoms with Crippen molar-refractivity contribution in [1.29, 1.82) is 0 Å². The van der Waals surface area contributed by atoms with Gasteiger partial charge in [0.2, 0.25) is 0 Å². The summed E-state index contributed by atoms with van der Waals surface area (Å²) in [5, 5.41) is 4.69. The number of nitrogens with one attached hydrogen (secondary N) is 1. The van der Waals surface area contributed by atoms with Crippen LogP contribution in [-0.4, -0.2) is 16.0 Å². The summed E-state index contributed by atoms with van der Waals surface area (Å²) in [6.45, 7) is 6.55. The Hall–Kier alpha value is -1.46. The number of benzene rings is 1. The Kier molecular flexibility index (Phi) is 4.97. The van der Waals surface area contributed by atoms with Crippen LogP contribution in [0, 0.1) is 0 Å². The molecule has 2 heterocycles. The van der Waals surface area contributed by atoms with Gasteiger partial charge in [-0.2, -0.15) is 0 Å². The summed E-state index contributed by atoms with van der Waals surface area (Å²) in [5.41, 5.74) is 2.49. The maximum atomic E-state index is 4.52. The van der Waals surface area contributed by atoms with Crippen molar-refractivity contribution < 1.29 is 0 Å². The first-order chi connectivity index (χ1) is 11.1. The van der Waals surface area contributed by atoms with Crippen LogP contribution >= 0.6 is 27.3 Å². The highest BCUT2D eigenvalue weighted by Gasteiger charge is 2.18. The zero-order valence-electron chi connectivity index (χ0n) is 13.6. The predicted octanol–water partition coefficient (Wildman–Crippen LogP) is 5.89. The van der Waals surface area contributed by atoms with Crippen LogP contribution in [0.25, 0.3) is 21.3 Å². The van der Waals surface area contributed by atoms with E-state index in [9.17, 15) is 0 Å². The van der Waals surface area contributed by atoms with E-state index in [1.807, 2.05) is 0 Å². The average molecular weight is 390 g/mol. The van der Waals surface area contributed by atoms with Gasteiger partial charge in [0.15, 0.2) is 0 Å². The molecule has 3 rings (SSSR count). The summed E-state index contributed by atoms with van der Waals surface area (Å²) in [4.78, 5) is 11.4. The molecule has 0 aliphatic rings. The van der Waals surface area contributed by atoms with Gasteiger partial charge in [0.1, 0.15) is 17.0 Å². The Bertz CT molecular complexity index is 811. The van der Waals surface area contributed by atoms with Gasteiger partial charge in [0.25, 0.3) is 0 Å². The Morgan fingerprint density at radius 2 is 1.91 bits per heavy atom. The lowest BCUT2D eigenvalue weighted by Crippen LogP contribution is -2.14. The van der Waals surface area contributed by atoms with Gasteiger partial charge in [-0.25, -0.2) is 9.97 Å². The molecule has 0 aliphatic heterocycles. The van der Waals surface area contributed by atoms with Gasteiger partial charge in [-0.15, -0.1) is 11.3 Å². The quantitative estimate of drug-likeness (QED) is 0.590. The van der Waals surface area contributed by atoms with Gasteiger partial charge < -0.3 is 5.32 Å². The first-order valence-electron chi connectivity index (χ1n) is 7.92. The third-order valence-corrected chi connectivity index (χ3v) is 5.78. The van der Waals surface area contributed by atoms with Gasteiger partial charge in [0.05, 0.1) is 5.39 Å². The molecule has 0 saturated carbocycles. The maximum Gasteiger partial charge on any atom is 0.139 e. The van der Waals surface area contributed by atoms with Crippen molar-refractivity contribution in [3.8, 4) is 11.1 Å². The van der Waals surface area contributed by atoms with Crippen LogP contribution in [0.2, 0.25) is 0 Å². The molecule has 0 amide bonds. The number of thiophene rings is 1. The normalized spacial score (nSPS) is 12.5. The summed E-state index contributed by atoms with van der Waals surface area (Å²) >= 11 is 5.29. The van der Waals surface area contributed by atoms with Crippen LogP contribution in [0.4, 0.5) is 5.82 Å². The van der Waals surface area contributed by atoms with E-state index in [1.165, 1.54) is 16.0 Å². The van der Waals surface area contributed by atoms with E-state index in [-0.39, 0.29) is 0 Å². The number of halogens is 1. The van der Waals surface area contributed by atoms with Crippen molar-refractivity contribution in [3.05, 3.63) is 39.9 Å². The number of rotatable bonds is 5.